The molecule has 13 nitrogen and oxygen atoms in total. The van der Waals surface area contributed by atoms with E-state index in [-0.39, 0.29) is 0 Å². The van der Waals surface area contributed by atoms with Gasteiger partial charge in [0.05, 0.1) is 10.8 Å². The molecule has 2 rings (SSSR count). The van der Waals surface area contributed by atoms with Crippen molar-refractivity contribution in [3.8, 4) is 0 Å². The molecule has 8 N–H and O–H groups in total. The Morgan fingerprint density at radius 1 is 0.763 bits per heavy atom. The standard InChI is InChI=1S/C16H25N5S.4C2H4O2/c22-13-21-15-3-1-14(2-4-15)11-16-12-19-8-7-17-5-6-18-9-10-20-16;4*1-2(3)4/h1-4,16-20H,5-12H2;4*1H3,(H,3,4)/t16-;;;;/m0..../s1. The molecule has 0 bridgehead atoms. The summed E-state index contributed by atoms with van der Waals surface area (Å²) in [7, 11) is 0. The van der Waals surface area contributed by atoms with Crippen LogP contribution in [0.4, 0.5) is 5.69 Å². The minimum Gasteiger partial charge on any atom is -0.481 e. The average molecular weight is 560 g/mol. The van der Waals surface area contributed by atoms with Crippen LogP contribution in [0.25, 0.3) is 0 Å². The monoisotopic (exact) mass is 559 g/mol. The fourth-order valence-electron chi connectivity index (χ4n) is 2.50. The maximum Gasteiger partial charge on any atom is 0.300 e. The maximum atomic E-state index is 9.00. The van der Waals surface area contributed by atoms with Crippen LogP contribution in [0.3, 0.4) is 0 Å². The second-order valence-corrected chi connectivity index (χ2v) is 7.69. The van der Waals surface area contributed by atoms with Crippen LogP contribution in [0, 0.1) is 0 Å². The lowest BCUT2D eigenvalue weighted by atomic mass is 10.1. The maximum absolute atomic E-state index is 9.00. The van der Waals surface area contributed by atoms with Gasteiger partial charge >= 0.3 is 0 Å². The second kappa shape index (κ2) is 28.3. The number of thiocarbonyl (C=S) groups is 1. The van der Waals surface area contributed by atoms with Gasteiger partial charge in [-0.25, -0.2) is 0 Å². The van der Waals surface area contributed by atoms with Crippen LogP contribution in [-0.4, -0.2) is 101 Å². The highest BCUT2D eigenvalue weighted by atomic mass is 32.1. The summed E-state index contributed by atoms with van der Waals surface area (Å²) in [6.45, 7) is 11.4. The Hall–Kier alpha value is -3.26. The largest absolute Gasteiger partial charge is 0.481 e. The SMILES string of the molecule is CC(=O)O.CC(=O)O.CC(=O)O.CC(=O)O.S=C=Nc1ccc(C[C@H]2CNCCNCCNCCN2)cc1. The van der Waals surface area contributed by atoms with Crippen LogP contribution in [0.5, 0.6) is 0 Å². The van der Waals surface area contributed by atoms with E-state index in [1.54, 1.807) is 0 Å². The number of hydrogen-bond acceptors (Lipinski definition) is 10. The van der Waals surface area contributed by atoms with Gasteiger partial charge in [0.25, 0.3) is 23.9 Å². The molecule has 14 heteroatoms. The fraction of sp³-hybridized carbons (Fsp3) is 0.542. The van der Waals surface area contributed by atoms with Gasteiger partial charge in [-0.3, -0.25) is 19.2 Å². The van der Waals surface area contributed by atoms with Gasteiger partial charge in [0.1, 0.15) is 0 Å². The summed E-state index contributed by atoms with van der Waals surface area (Å²) in [5, 5.41) is 46.1. The summed E-state index contributed by atoms with van der Waals surface area (Å²) >= 11 is 4.62. The number of aliphatic imine (C=N–C) groups is 1. The van der Waals surface area contributed by atoms with Crippen molar-refractivity contribution in [2.75, 3.05) is 45.8 Å². The molecule has 1 fully saturated rings. The minimum atomic E-state index is -0.833. The number of hydrogen-bond donors (Lipinski definition) is 8. The Bertz CT molecular complexity index is 758. The number of rotatable bonds is 3. The quantitative estimate of drug-likeness (QED) is 0.193. The van der Waals surface area contributed by atoms with Crippen molar-refractivity contribution < 1.29 is 39.6 Å². The highest BCUT2D eigenvalue weighted by Gasteiger charge is 2.09. The molecule has 0 aromatic heterocycles. The lowest BCUT2D eigenvalue weighted by Gasteiger charge is -2.21. The van der Waals surface area contributed by atoms with Crippen LogP contribution in [0.15, 0.2) is 29.3 Å². The topological polar surface area (TPSA) is 210 Å². The molecule has 38 heavy (non-hydrogen) atoms. The number of aliphatic carboxylic acids is 4. The van der Waals surface area contributed by atoms with Gasteiger partial charge in [-0.05, 0) is 36.3 Å². The molecule has 1 atom stereocenters. The Morgan fingerprint density at radius 3 is 1.53 bits per heavy atom. The van der Waals surface area contributed by atoms with E-state index in [9.17, 15) is 0 Å². The molecular formula is C24H41N5O8S. The summed E-state index contributed by atoms with van der Waals surface area (Å²) in [5.41, 5.74) is 2.17. The number of nitrogens with one attached hydrogen (secondary N) is 4. The smallest absolute Gasteiger partial charge is 0.300 e. The van der Waals surface area contributed by atoms with Gasteiger partial charge < -0.3 is 41.7 Å². The number of benzene rings is 1. The van der Waals surface area contributed by atoms with Gasteiger partial charge in [-0.15, -0.1) is 0 Å². The highest BCUT2D eigenvalue weighted by Crippen LogP contribution is 2.13. The van der Waals surface area contributed by atoms with Crippen molar-refractivity contribution in [1.82, 2.24) is 21.3 Å². The first kappa shape index (κ1) is 39.3. The Morgan fingerprint density at radius 2 is 1.13 bits per heavy atom. The zero-order valence-corrected chi connectivity index (χ0v) is 23.1. The molecule has 216 valence electrons. The number of nitrogens with zero attached hydrogens (tertiary/aromatic N) is 1. The molecule has 0 saturated carbocycles. The molecule has 1 aromatic carbocycles. The van der Waals surface area contributed by atoms with E-state index in [0.29, 0.717) is 6.04 Å². The second-order valence-electron chi connectivity index (χ2n) is 7.50. The number of carboxylic acids is 4. The van der Waals surface area contributed by atoms with E-state index in [2.05, 4.69) is 55.8 Å². The van der Waals surface area contributed by atoms with Gasteiger partial charge in [0.2, 0.25) is 0 Å². The van der Waals surface area contributed by atoms with E-state index in [1.807, 2.05) is 12.1 Å². The molecule has 0 radical (unpaired) electrons. The third kappa shape index (κ3) is 42.9. The van der Waals surface area contributed by atoms with Crippen LogP contribution in [-0.2, 0) is 25.6 Å². The van der Waals surface area contributed by atoms with Crippen molar-refractivity contribution in [2.24, 2.45) is 4.99 Å². The van der Waals surface area contributed by atoms with Gasteiger partial charge in [-0.2, -0.15) is 4.99 Å². The summed E-state index contributed by atoms with van der Waals surface area (Å²) in [6, 6.07) is 8.64. The van der Waals surface area contributed by atoms with E-state index in [4.69, 9.17) is 39.6 Å². The van der Waals surface area contributed by atoms with Crippen molar-refractivity contribution >= 4 is 46.9 Å². The summed E-state index contributed by atoms with van der Waals surface area (Å²) in [6.07, 6.45) is 1.00. The van der Waals surface area contributed by atoms with Gasteiger partial charge in [0.15, 0.2) is 0 Å². The predicted molar refractivity (Wildman–Crippen MR) is 148 cm³/mol. The molecule has 1 aliphatic heterocycles. The number of carboxylic acid groups (broad SMARTS) is 4. The first-order valence-electron chi connectivity index (χ1n) is 11.6. The number of isothiocyanates is 1. The zero-order chi connectivity index (χ0) is 29.8. The zero-order valence-electron chi connectivity index (χ0n) is 22.3. The molecule has 0 spiro atoms. The first-order valence-corrected chi connectivity index (χ1v) is 12.0. The molecule has 1 aromatic rings. The molecule has 0 aliphatic carbocycles. The third-order valence-corrected chi connectivity index (χ3v) is 3.77. The lowest BCUT2D eigenvalue weighted by molar-refractivity contribution is -0.135. The van der Waals surface area contributed by atoms with Crippen LogP contribution >= 0.6 is 12.2 Å². The Labute approximate surface area is 228 Å². The first-order chi connectivity index (χ1) is 17.8. The van der Waals surface area contributed by atoms with Crippen LogP contribution < -0.4 is 21.3 Å². The normalized spacial score (nSPS) is 14.9. The summed E-state index contributed by atoms with van der Waals surface area (Å²) in [5.74, 6) is -3.33. The predicted octanol–water partition coefficient (Wildman–Crippen LogP) is 1.07. The van der Waals surface area contributed by atoms with Crippen molar-refractivity contribution in [2.45, 2.75) is 40.2 Å². The molecule has 1 saturated heterocycles. The van der Waals surface area contributed by atoms with Crippen molar-refractivity contribution in [3.05, 3.63) is 29.8 Å². The summed E-state index contributed by atoms with van der Waals surface area (Å²) < 4.78 is 0. The lowest BCUT2D eigenvalue weighted by Crippen LogP contribution is -2.46. The van der Waals surface area contributed by atoms with Gasteiger partial charge in [0, 0.05) is 79.6 Å². The van der Waals surface area contributed by atoms with E-state index in [1.165, 1.54) is 5.56 Å². The minimum absolute atomic E-state index is 0.432. The highest BCUT2D eigenvalue weighted by molar-refractivity contribution is 7.78. The van der Waals surface area contributed by atoms with E-state index >= 15 is 0 Å². The van der Waals surface area contributed by atoms with Gasteiger partial charge in [-0.1, -0.05) is 12.1 Å². The summed E-state index contributed by atoms with van der Waals surface area (Å²) in [4.78, 5) is 40.0. The van der Waals surface area contributed by atoms with Crippen LogP contribution in [0.2, 0.25) is 0 Å². The van der Waals surface area contributed by atoms with Crippen LogP contribution in [0.1, 0.15) is 33.3 Å². The van der Waals surface area contributed by atoms with Crippen molar-refractivity contribution in [1.29, 1.82) is 0 Å². The van der Waals surface area contributed by atoms with E-state index < -0.39 is 23.9 Å². The molecular weight excluding hydrogens is 518 g/mol. The average Bonchev–Trinajstić information content (AvgIpc) is 2.76. The molecule has 1 aliphatic rings. The van der Waals surface area contributed by atoms with Crippen molar-refractivity contribution in [3.63, 3.8) is 0 Å². The third-order valence-electron chi connectivity index (χ3n) is 3.68. The molecule has 1 heterocycles. The molecule has 0 unspecified atom stereocenters. The number of carbonyl (C=O) groups is 4. The molecule has 0 amide bonds. The Balaban J connectivity index is -0.000000627. The van der Waals surface area contributed by atoms with E-state index in [0.717, 1.165) is 85.6 Å². The fourth-order valence-corrected chi connectivity index (χ4v) is 2.61. The Kier molecular flexibility index (Phi) is 29.2.